The van der Waals surface area contributed by atoms with Gasteiger partial charge in [0.2, 0.25) is 0 Å². The molecule has 2 rings (SSSR count). The Hall–Kier alpha value is -1.06. The van der Waals surface area contributed by atoms with Crippen molar-refractivity contribution in [3.05, 3.63) is 47.8 Å². The first-order chi connectivity index (χ1) is 7.20. The Morgan fingerprint density at radius 3 is 2.75 bits per heavy atom. The number of hydrogen-bond acceptors (Lipinski definition) is 1. The summed E-state index contributed by atoms with van der Waals surface area (Å²) in [6.45, 7) is 1.96. The van der Waals surface area contributed by atoms with Crippen molar-refractivity contribution in [1.82, 2.24) is 9.78 Å². The van der Waals surface area contributed by atoms with Gasteiger partial charge in [-0.3, -0.25) is 13.5 Å². The summed E-state index contributed by atoms with van der Waals surface area (Å²) >= 11 is 0. The Labute approximate surface area is 106 Å². The van der Waals surface area contributed by atoms with E-state index >= 15 is 0 Å². The van der Waals surface area contributed by atoms with Gasteiger partial charge in [-0.15, -0.1) is 12.1 Å². The van der Waals surface area contributed by atoms with Crippen molar-refractivity contribution in [2.75, 3.05) is 0 Å². The molecule has 1 aromatic carbocycles. The van der Waals surface area contributed by atoms with Gasteiger partial charge in [0.1, 0.15) is 0 Å². The molecule has 0 saturated heterocycles. The zero-order chi connectivity index (χ0) is 10.8. The minimum Gasteiger partial charge on any atom is -0.284 e. The molecule has 2 aromatic rings. The molecule has 0 aliphatic carbocycles. The average molecular weight is 399 g/mol. The fraction of sp³-hybridized carbons (Fsp3) is 0.182. The molecule has 0 N–H and O–H groups in total. The summed E-state index contributed by atoms with van der Waals surface area (Å²) in [5, 5.41) is 4.11. The van der Waals surface area contributed by atoms with Crippen LogP contribution in [0, 0.1) is 17.7 Å². The monoisotopic (exact) mass is 400 g/mol. The molecule has 1 radical (unpaired) electrons. The van der Waals surface area contributed by atoms with Gasteiger partial charge in [0.25, 0.3) is 0 Å². The molecule has 87 valence electrons. The van der Waals surface area contributed by atoms with E-state index < -0.39 is 11.6 Å². The molecule has 0 fully saturated rings. The summed E-state index contributed by atoms with van der Waals surface area (Å²) in [6.07, 6.45) is 2.40. The van der Waals surface area contributed by atoms with Gasteiger partial charge in [0, 0.05) is 37.9 Å². The third-order valence-electron chi connectivity index (χ3n) is 2.07. The van der Waals surface area contributed by atoms with Crippen LogP contribution in [0.3, 0.4) is 0 Å². The number of hydrogen-bond donors (Lipinski definition) is 0. The Morgan fingerprint density at radius 2 is 2.19 bits per heavy atom. The Morgan fingerprint density at radius 1 is 1.44 bits per heavy atom. The number of benzene rings is 1. The van der Waals surface area contributed by atoms with Crippen molar-refractivity contribution in [3.8, 4) is 5.69 Å². The topological polar surface area (TPSA) is 17.8 Å². The van der Waals surface area contributed by atoms with Crippen LogP contribution in [0.1, 0.15) is 12.6 Å². The molecule has 16 heavy (non-hydrogen) atoms. The molecule has 0 aliphatic heterocycles. The second kappa shape index (κ2) is 5.32. The molecular formula is C11H9F2IrN2-. The zero-order valence-electron chi connectivity index (χ0n) is 8.50. The summed E-state index contributed by atoms with van der Waals surface area (Å²) in [6, 6.07) is 6.21. The van der Waals surface area contributed by atoms with Gasteiger partial charge in [0.15, 0.2) is 0 Å². The number of halogens is 2. The van der Waals surface area contributed by atoms with Crippen molar-refractivity contribution in [3.63, 3.8) is 0 Å². The van der Waals surface area contributed by atoms with Crippen LogP contribution >= 0.6 is 0 Å². The maximum atomic E-state index is 13.3. The van der Waals surface area contributed by atoms with E-state index in [0.29, 0.717) is 0 Å². The van der Waals surface area contributed by atoms with E-state index in [4.69, 9.17) is 0 Å². The van der Waals surface area contributed by atoms with Gasteiger partial charge in [0.05, 0.1) is 5.69 Å². The summed E-state index contributed by atoms with van der Waals surface area (Å²) in [7, 11) is 0. The molecule has 0 unspecified atom stereocenters. The van der Waals surface area contributed by atoms with Gasteiger partial charge in [-0.2, -0.15) is 11.2 Å². The van der Waals surface area contributed by atoms with Gasteiger partial charge in [-0.1, -0.05) is 6.92 Å². The first-order valence-corrected chi connectivity index (χ1v) is 4.62. The second-order valence-electron chi connectivity index (χ2n) is 3.12. The number of rotatable bonds is 2. The smallest absolute Gasteiger partial charge is 0.0625 e. The largest absolute Gasteiger partial charge is 0.284 e. The average Bonchev–Trinajstić information content (AvgIpc) is 2.66. The minimum absolute atomic E-state index is 0. The Balaban J connectivity index is 0.00000128. The van der Waals surface area contributed by atoms with Crippen LogP contribution in [-0.4, -0.2) is 9.78 Å². The van der Waals surface area contributed by atoms with Gasteiger partial charge in [-0.05, 0) is 18.2 Å². The minimum atomic E-state index is -0.666. The molecule has 0 saturated carbocycles. The number of aryl methyl sites for hydroxylation is 1. The molecular weight excluding hydrogens is 390 g/mol. The first-order valence-electron chi connectivity index (χ1n) is 4.62. The van der Waals surface area contributed by atoms with Crippen molar-refractivity contribution < 1.29 is 28.9 Å². The van der Waals surface area contributed by atoms with Crippen LogP contribution in [0.5, 0.6) is 0 Å². The van der Waals surface area contributed by atoms with E-state index in [9.17, 15) is 8.78 Å². The predicted molar refractivity (Wildman–Crippen MR) is 51.7 cm³/mol. The summed E-state index contributed by atoms with van der Waals surface area (Å²) in [4.78, 5) is 0. The maximum absolute atomic E-state index is 13.3. The molecule has 1 aromatic heterocycles. The molecule has 0 atom stereocenters. The van der Waals surface area contributed by atoms with Gasteiger partial charge in [-0.25, -0.2) is 0 Å². The fourth-order valence-electron chi connectivity index (χ4n) is 1.29. The molecule has 0 aliphatic rings. The number of aromatic nitrogens is 2. The number of nitrogens with zero attached hydrogens (tertiary/aromatic N) is 2. The van der Waals surface area contributed by atoms with Crippen LogP contribution in [-0.2, 0) is 26.5 Å². The zero-order valence-corrected chi connectivity index (χ0v) is 10.9. The standard InChI is InChI=1S/C11H9F2N2.Ir/c1-2-9-5-6-15(14-9)11-4-3-8(12)7-10(11)13;/h3,5-7H,2H2,1H3;/q-1;. The van der Waals surface area contributed by atoms with Gasteiger partial charge < -0.3 is 0 Å². The Bertz CT molecular complexity index is 483. The van der Waals surface area contributed by atoms with Gasteiger partial charge >= 0.3 is 0 Å². The van der Waals surface area contributed by atoms with Crippen LogP contribution in [0.25, 0.3) is 5.69 Å². The van der Waals surface area contributed by atoms with E-state index in [0.717, 1.165) is 24.2 Å². The molecule has 0 bridgehead atoms. The van der Waals surface area contributed by atoms with Crippen LogP contribution in [0.2, 0.25) is 0 Å². The van der Waals surface area contributed by atoms with Crippen LogP contribution < -0.4 is 0 Å². The van der Waals surface area contributed by atoms with Crippen LogP contribution in [0.4, 0.5) is 8.78 Å². The SMILES string of the molecule is CCc1ccn(-c2[c-]cc(F)cc2F)n1.[Ir]. The molecule has 1 heterocycles. The molecule has 5 heteroatoms. The van der Waals surface area contributed by atoms with E-state index in [1.807, 2.05) is 6.92 Å². The van der Waals surface area contributed by atoms with Crippen molar-refractivity contribution in [2.24, 2.45) is 0 Å². The fourth-order valence-corrected chi connectivity index (χ4v) is 1.29. The first kappa shape index (κ1) is 13.0. The predicted octanol–water partition coefficient (Wildman–Crippen LogP) is 2.51. The van der Waals surface area contributed by atoms with Crippen LogP contribution in [0.15, 0.2) is 24.4 Å². The Kier molecular flexibility index (Phi) is 4.33. The van der Waals surface area contributed by atoms with Crippen molar-refractivity contribution >= 4 is 0 Å². The third kappa shape index (κ3) is 2.54. The maximum Gasteiger partial charge on any atom is 0.0625 e. The van der Waals surface area contributed by atoms with Crippen molar-refractivity contribution in [2.45, 2.75) is 13.3 Å². The summed E-state index contributed by atoms with van der Waals surface area (Å²) in [5.41, 5.74) is 0.989. The molecule has 2 nitrogen and oxygen atoms in total. The van der Waals surface area contributed by atoms with E-state index in [-0.39, 0.29) is 25.8 Å². The van der Waals surface area contributed by atoms with E-state index in [1.165, 1.54) is 4.68 Å². The van der Waals surface area contributed by atoms with E-state index in [1.54, 1.807) is 12.3 Å². The second-order valence-corrected chi connectivity index (χ2v) is 3.12. The normalized spacial score (nSPS) is 9.94. The molecule has 0 amide bonds. The van der Waals surface area contributed by atoms with E-state index in [2.05, 4.69) is 11.2 Å². The quantitative estimate of drug-likeness (QED) is 0.710. The summed E-state index contributed by atoms with van der Waals surface area (Å²) < 4.78 is 27.3. The summed E-state index contributed by atoms with van der Waals surface area (Å²) in [5.74, 6) is -1.31. The molecule has 0 spiro atoms. The third-order valence-corrected chi connectivity index (χ3v) is 2.07. The van der Waals surface area contributed by atoms with Crippen molar-refractivity contribution in [1.29, 1.82) is 0 Å².